The smallest absolute Gasteiger partial charge is 0.0911 e. The molecule has 0 rings (SSSR count). The predicted octanol–water partition coefficient (Wildman–Crippen LogP) is 4.87. The maximum atomic E-state index is 5.34. The largest absolute Gasteiger partial charge is 0.498 e. The SMILES string of the molecule is C=C(CC)OCC/C=C\C(C)=C/C.CC. The van der Waals surface area contributed by atoms with Crippen molar-refractivity contribution in [2.75, 3.05) is 6.61 Å². The Morgan fingerprint density at radius 3 is 2.40 bits per heavy atom. The standard InChI is InChI=1S/C12H20O.C2H6/c1-5-11(3)9-7-8-10-13-12(4)6-2;1-2/h5,7,9H,4,6,8,10H2,1-3H3;1-2H3/b9-7-,11-5-;. The van der Waals surface area contributed by atoms with Crippen LogP contribution in [0.2, 0.25) is 0 Å². The van der Waals surface area contributed by atoms with E-state index >= 15 is 0 Å². The van der Waals surface area contributed by atoms with Gasteiger partial charge in [-0.3, -0.25) is 0 Å². The molecule has 0 aliphatic rings. The number of hydrogen-bond acceptors (Lipinski definition) is 1. The molecule has 0 heterocycles. The lowest BCUT2D eigenvalue weighted by atomic mass is 10.2. The molecule has 0 aromatic heterocycles. The Morgan fingerprint density at radius 2 is 1.93 bits per heavy atom. The zero-order valence-electron chi connectivity index (χ0n) is 11.0. The Hall–Kier alpha value is -0.980. The summed E-state index contributed by atoms with van der Waals surface area (Å²) in [6.07, 6.45) is 8.17. The molecule has 0 atom stereocenters. The van der Waals surface area contributed by atoms with Gasteiger partial charge in [-0.05, 0) is 20.3 Å². The fourth-order valence-corrected chi connectivity index (χ4v) is 0.739. The van der Waals surface area contributed by atoms with Crippen LogP contribution in [0.1, 0.15) is 47.5 Å². The van der Waals surface area contributed by atoms with E-state index < -0.39 is 0 Å². The Balaban J connectivity index is 0. The second-order valence-corrected chi connectivity index (χ2v) is 2.96. The quantitative estimate of drug-likeness (QED) is 0.345. The average Bonchev–Trinajstić information content (AvgIpc) is 2.30. The van der Waals surface area contributed by atoms with Gasteiger partial charge < -0.3 is 4.74 Å². The van der Waals surface area contributed by atoms with Crippen molar-refractivity contribution in [2.45, 2.75) is 47.5 Å². The first-order valence-corrected chi connectivity index (χ1v) is 5.80. The molecule has 0 aliphatic heterocycles. The molecule has 1 nitrogen and oxygen atoms in total. The number of allylic oxidation sites excluding steroid dienone is 4. The fourth-order valence-electron chi connectivity index (χ4n) is 0.739. The van der Waals surface area contributed by atoms with Gasteiger partial charge in [-0.25, -0.2) is 0 Å². The number of hydrogen-bond donors (Lipinski definition) is 0. The molecule has 0 bridgehead atoms. The highest BCUT2D eigenvalue weighted by molar-refractivity contribution is 5.14. The van der Waals surface area contributed by atoms with Crippen LogP contribution in [0.3, 0.4) is 0 Å². The minimum absolute atomic E-state index is 0.736. The van der Waals surface area contributed by atoms with Crippen LogP contribution in [0.25, 0.3) is 0 Å². The second-order valence-electron chi connectivity index (χ2n) is 2.96. The molecule has 0 unspecified atom stereocenters. The highest BCUT2D eigenvalue weighted by Gasteiger charge is 1.88. The molecule has 0 N–H and O–H groups in total. The molecular formula is C14H26O. The van der Waals surface area contributed by atoms with E-state index in [0.29, 0.717) is 0 Å². The highest BCUT2D eigenvalue weighted by Crippen LogP contribution is 2.01. The first kappa shape index (κ1) is 16.4. The van der Waals surface area contributed by atoms with Crippen LogP contribution in [0.5, 0.6) is 0 Å². The van der Waals surface area contributed by atoms with Crippen LogP contribution in [0, 0.1) is 0 Å². The lowest BCUT2D eigenvalue weighted by Crippen LogP contribution is -1.90. The first-order chi connectivity index (χ1) is 7.20. The molecule has 0 aromatic rings. The molecule has 0 aliphatic carbocycles. The Kier molecular flexibility index (Phi) is 14.3. The third-order valence-electron chi connectivity index (χ3n) is 1.82. The van der Waals surface area contributed by atoms with Crippen molar-refractivity contribution in [1.82, 2.24) is 0 Å². The minimum atomic E-state index is 0.736. The summed E-state index contributed by atoms with van der Waals surface area (Å²) >= 11 is 0. The first-order valence-electron chi connectivity index (χ1n) is 5.80. The second kappa shape index (κ2) is 13.0. The van der Waals surface area contributed by atoms with E-state index in [1.165, 1.54) is 5.57 Å². The number of ether oxygens (including phenoxy) is 1. The lowest BCUT2D eigenvalue weighted by Gasteiger charge is -2.03. The van der Waals surface area contributed by atoms with Crippen molar-refractivity contribution in [1.29, 1.82) is 0 Å². The maximum Gasteiger partial charge on any atom is 0.0911 e. The van der Waals surface area contributed by atoms with Crippen LogP contribution in [0.15, 0.2) is 36.1 Å². The van der Waals surface area contributed by atoms with Gasteiger partial charge >= 0.3 is 0 Å². The van der Waals surface area contributed by atoms with Crippen molar-refractivity contribution in [3.05, 3.63) is 36.1 Å². The molecule has 88 valence electrons. The van der Waals surface area contributed by atoms with Crippen LogP contribution < -0.4 is 0 Å². The summed E-state index contributed by atoms with van der Waals surface area (Å²) in [5.41, 5.74) is 1.29. The van der Waals surface area contributed by atoms with E-state index in [0.717, 1.165) is 25.2 Å². The molecule has 0 radical (unpaired) electrons. The Bertz CT molecular complexity index is 199. The van der Waals surface area contributed by atoms with E-state index in [-0.39, 0.29) is 0 Å². The van der Waals surface area contributed by atoms with Gasteiger partial charge in [-0.15, -0.1) is 0 Å². The van der Waals surface area contributed by atoms with Gasteiger partial charge in [0, 0.05) is 6.42 Å². The normalized spacial score (nSPS) is 10.9. The van der Waals surface area contributed by atoms with Crippen LogP contribution in [0.4, 0.5) is 0 Å². The van der Waals surface area contributed by atoms with Crippen molar-refractivity contribution in [3.8, 4) is 0 Å². The molecule has 1 heteroatoms. The third kappa shape index (κ3) is 13.0. The van der Waals surface area contributed by atoms with Gasteiger partial charge in [0.05, 0.1) is 12.4 Å². The molecular weight excluding hydrogens is 184 g/mol. The van der Waals surface area contributed by atoms with E-state index in [1.54, 1.807) is 0 Å². The highest BCUT2D eigenvalue weighted by atomic mass is 16.5. The third-order valence-corrected chi connectivity index (χ3v) is 1.82. The molecule has 0 fully saturated rings. The van der Waals surface area contributed by atoms with Gasteiger partial charge in [-0.1, -0.05) is 51.2 Å². The summed E-state index contributed by atoms with van der Waals surface area (Å²) in [6, 6.07) is 0. The van der Waals surface area contributed by atoms with Crippen molar-refractivity contribution >= 4 is 0 Å². The van der Waals surface area contributed by atoms with Gasteiger partial charge in [0.25, 0.3) is 0 Å². The summed E-state index contributed by atoms with van der Waals surface area (Å²) in [5.74, 6) is 0.871. The van der Waals surface area contributed by atoms with E-state index in [2.05, 4.69) is 31.7 Å². The zero-order valence-corrected chi connectivity index (χ0v) is 11.0. The van der Waals surface area contributed by atoms with Gasteiger partial charge in [0.15, 0.2) is 0 Å². The minimum Gasteiger partial charge on any atom is -0.498 e. The fraction of sp³-hybridized carbons (Fsp3) is 0.571. The Morgan fingerprint density at radius 1 is 1.33 bits per heavy atom. The predicted molar refractivity (Wildman–Crippen MR) is 69.9 cm³/mol. The molecule has 0 aromatic carbocycles. The summed E-state index contributed by atoms with van der Waals surface area (Å²) in [6.45, 7) is 14.7. The van der Waals surface area contributed by atoms with Crippen LogP contribution in [-0.4, -0.2) is 6.61 Å². The summed E-state index contributed by atoms with van der Waals surface area (Å²) < 4.78 is 5.34. The zero-order chi connectivity index (χ0) is 12.1. The molecule has 0 saturated heterocycles. The van der Waals surface area contributed by atoms with Gasteiger partial charge in [0.1, 0.15) is 0 Å². The van der Waals surface area contributed by atoms with Crippen molar-refractivity contribution < 1.29 is 4.74 Å². The molecule has 0 saturated carbocycles. The van der Waals surface area contributed by atoms with Crippen molar-refractivity contribution in [3.63, 3.8) is 0 Å². The Labute approximate surface area is 95.5 Å². The van der Waals surface area contributed by atoms with Gasteiger partial charge in [0.2, 0.25) is 0 Å². The van der Waals surface area contributed by atoms with E-state index in [9.17, 15) is 0 Å². The lowest BCUT2D eigenvalue weighted by molar-refractivity contribution is 0.212. The summed E-state index contributed by atoms with van der Waals surface area (Å²) in [7, 11) is 0. The average molecular weight is 210 g/mol. The summed E-state index contributed by atoms with van der Waals surface area (Å²) in [5, 5.41) is 0. The van der Waals surface area contributed by atoms with E-state index in [4.69, 9.17) is 4.74 Å². The van der Waals surface area contributed by atoms with Crippen molar-refractivity contribution in [2.24, 2.45) is 0 Å². The maximum absolute atomic E-state index is 5.34. The number of rotatable bonds is 6. The van der Waals surface area contributed by atoms with Crippen LogP contribution >= 0.6 is 0 Å². The molecule has 15 heavy (non-hydrogen) atoms. The van der Waals surface area contributed by atoms with E-state index in [1.807, 2.05) is 27.7 Å². The monoisotopic (exact) mass is 210 g/mol. The van der Waals surface area contributed by atoms with Crippen LogP contribution in [-0.2, 0) is 4.74 Å². The topological polar surface area (TPSA) is 9.23 Å². The molecule has 0 amide bonds. The molecule has 0 spiro atoms. The van der Waals surface area contributed by atoms with Gasteiger partial charge in [-0.2, -0.15) is 0 Å². The summed E-state index contributed by atoms with van der Waals surface area (Å²) in [4.78, 5) is 0.